The number of hydrogen-bond donors (Lipinski definition) is 1. The van der Waals surface area contributed by atoms with E-state index in [0.717, 1.165) is 5.56 Å². The molecular formula is C33H30N2O7S. The summed E-state index contributed by atoms with van der Waals surface area (Å²) < 4.78 is 24.2. The van der Waals surface area contributed by atoms with Crippen LogP contribution in [0.2, 0.25) is 0 Å². The lowest BCUT2D eigenvalue weighted by atomic mass is 9.95. The Hall–Kier alpha value is -5.09. The van der Waals surface area contributed by atoms with E-state index < -0.39 is 12.0 Å². The number of phenols is 1. The van der Waals surface area contributed by atoms with Crippen LogP contribution in [0.5, 0.6) is 23.0 Å². The fraction of sp³-hybridized carbons (Fsp3) is 0.182. The van der Waals surface area contributed by atoms with Crippen LogP contribution in [0.3, 0.4) is 0 Å². The van der Waals surface area contributed by atoms with E-state index in [1.165, 1.54) is 36.2 Å². The molecule has 1 unspecified atom stereocenters. The number of thiazole rings is 1. The molecule has 0 bridgehead atoms. The second-order valence-corrected chi connectivity index (χ2v) is 10.6. The summed E-state index contributed by atoms with van der Waals surface area (Å²) in [5.41, 5.74) is 2.44. The van der Waals surface area contributed by atoms with Crippen molar-refractivity contribution in [3.05, 3.63) is 127 Å². The molecule has 1 aromatic heterocycles. The molecule has 0 radical (unpaired) electrons. The van der Waals surface area contributed by atoms with E-state index in [4.69, 9.17) is 18.9 Å². The van der Waals surface area contributed by atoms with Gasteiger partial charge in [0.2, 0.25) is 0 Å². The van der Waals surface area contributed by atoms with Crippen molar-refractivity contribution < 1.29 is 28.8 Å². The molecule has 10 heteroatoms. The minimum absolute atomic E-state index is 0.00939. The number of carbonyl (C=O) groups excluding carboxylic acids is 1. The Kier molecular flexibility index (Phi) is 8.77. The lowest BCUT2D eigenvalue weighted by Gasteiger charge is -2.25. The molecule has 1 aliphatic rings. The topological polar surface area (TPSA) is 109 Å². The number of benzene rings is 3. The molecule has 3 aromatic carbocycles. The van der Waals surface area contributed by atoms with Crippen LogP contribution in [0.4, 0.5) is 0 Å². The first-order valence-corrected chi connectivity index (χ1v) is 14.2. The van der Waals surface area contributed by atoms with Gasteiger partial charge in [-0.2, -0.15) is 0 Å². The average Bonchev–Trinajstić information content (AvgIpc) is 3.33. The van der Waals surface area contributed by atoms with Gasteiger partial charge in [0.1, 0.15) is 13.2 Å². The number of rotatable bonds is 10. The first kappa shape index (κ1) is 29.4. The number of fused-ring (bicyclic) bond motifs is 1. The largest absolute Gasteiger partial charge is 0.504 e. The lowest BCUT2D eigenvalue weighted by molar-refractivity contribution is -0.140. The normalized spacial score (nSPS) is 14.5. The zero-order valence-electron chi connectivity index (χ0n) is 23.9. The molecule has 1 N–H and O–H groups in total. The van der Waals surface area contributed by atoms with Crippen molar-refractivity contribution in [1.82, 2.24) is 4.57 Å². The highest BCUT2D eigenvalue weighted by Crippen LogP contribution is 2.36. The van der Waals surface area contributed by atoms with Gasteiger partial charge >= 0.3 is 5.97 Å². The fourth-order valence-corrected chi connectivity index (χ4v) is 5.80. The molecule has 5 rings (SSSR count). The molecule has 0 aliphatic carbocycles. The highest BCUT2D eigenvalue weighted by atomic mass is 32.1. The minimum Gasteiger partial charge on any atom is -0.504 e. The van der Waals surface area contributed by atoms with E-state index in [0.29, 0.717) is 37.7 Å². The van der Waals surface area contributed by atoms with Crippen LogP contribution < -0.4 is 29.1 Å². The summed E-state index contributed by atoms with van der Waals surface area (Å²) in [6, 6.07) is 18.6. The van der Waals surface area contributed by atoms with Gasteiger partial charge in [-0.15, -0.1) is 0 Å². The van der Waals surface area contributed by atoms with Gasteiger partial charge in [0.15, 0.2) is 27.8 Å². The lowest BCUT2D eigenvalue weighted by Crippen LogP contribution is -2.39. The van der Waals surface area contributed by atoms with Crippen LogP contribution in [-0.4, -0.2) is 36.5 Å². The Morgan fingerprint density at radius 1 is 1.05 bits per heavy atom. The molecule has 0 saturated carbocycles. The zero-order chi connectivity index (χ0) is 30.5. The third-order valence-electron chi connectivity index (χ3n) is 6.82. The van der Waals surface area contributed by atoms with Gasteiger partial charge in [-0.25, -0.2) is 9.79 Å². The predicted octanol–water partition coefficient (Wildman–Crippen LogP) is 4.27. The van der Waals surface area contributed by atoms with Crippen LogP contribution in [0.15, 0.2) is 100 Å². The smallest absolute Gasteiger partial charge is 0.338 e. The highest BCUT2D eigenvalue weighted by Gasteiger charge is 2.34. The number of nitrogens with zero attached hydrogens (tertiary/aromatic N) is 2. The molecular weight excluding hydrogens is 568 g/mol. The number of ether oxygens (including phenoxy) is 4. The van der Waals surface area contributed by atoms with Crippen LogP contribution in [0.25, 0.3) is 6.08 Å². The Balaban J connectivity index is 1.64. The highest BCUT2D eigenvalue weighted by molar-refractivity contribution is 7.07. The first-order valence-electron chi connectivity index (χ1n) is 13.4. The fourth-order valence-electron chi connectivity index (χ4n) is 4.76. The maximum absolute atomic E-state index is 14.0. The van der Waals surface area contributed by atoms with E-state index in [-0.39, 0.29) is 35.8 Å². The third kappa shape index (κ3) is 6.09. The third-order valence-corrected chi connectivity index (χ3v) is 7.80. The number of aromatic nitrogens is 1. The van der Waals surface area contributed by atoms with Crippen molar-refractivity contribution in [2.24, 2.45) is 4.99 Å². The van der Waals surface area contributed by atoms with Gasteiger partial charge in [-0.3, -0.25) is 9.36 Å². The quantitative estimate of drug-likeness (QED) is 0.215. The standard InChI is InChI=1S/C33H30N2O7S/c1-5-15-41-25-14-12-23(18-27(25)40-4)30-29(32(38)42-19-21-9-7-6-8-10-21)20(2)34-33-35(30)31(37)28(43-33)17-22-11-13-24(36)26(16-22)39-3/h5-14,16-18,30,36H,1,15,19H2,2-4H3. The molecule has 0 amide bonds. The monoisotopic (exact) mass is 598 g/mol. The molecule has 9 nitrogen and oxygen atoms in total. The summed E-state index contributed by atoms with van der Waals surface area (Å²) in [5.74, 6) is 0.617. The molecule has 43 heavy (non-hydrogen) atoms. The van der Waals surface area contributed by atoms with E-state index in [2.05, 4.69) is 11.6 Å². The number of aromatic hydroxyl groups is 1. The minimum atomic E-state index is -0.849. The summed E-state index contributed by atoms with van der Waals surface area (Å²) in [6.45, 7) is 5.76. The molecule has 1 atom stereocenters. The SMILES string of the molecule is C=CCOc1ccc(C2C(C(=O)OCc3ccccc3)=C(C)N=c3sc(=Cc4ccc(O)c(OC)c4)c(=O)n32)cc1OC. The number of esters is 1. The van der Waals surface area contributed by atoms with E-state index in [1.807, 2.05) is 30.3 Å². The maximum Gasteiger partial charge on any atom is 0.338 e. The summed E-state index contributed by atoms with van der Waals surface area (Å²) in [6.07, 6.45) is 3.32. The van der Waals surface area contributed by atoms with Crippen LogP contribution in [-0.2, 0) is 16.1 Å². The first-order chi connectivity index (χ1) is 20.8. The van der Waals surface area contributed by atoms with Crippen molar-refractivity contribution in [1.29, 1.82) is 0 Å². The number of hydrogen-bond acceptors (Lipinski definition) is 9. The van der Waals surface area contributed by atoms with Gasteiger partial charge < -0.3 is 24.1 Å². The van der Waals surface area contributed by atoms with Crippen molar-refractivity contribution in [3.63, 3.8) is 0 Å². The van der Waals surface area contributed by atoms with Crippen molar-refractivity contribution in [2.45, 2.75) is 19.6 Å². The maximum atomic E-state index is 14.0. The van der Waals surface area contributed by atoms with Gasteiger partial charge in [0.05, 0.1) is 36.1 Å². The molecule has 0 saturated heterocycles. The van der Waals surface area contributed by atoms with Gasteiger partial charge in [-0.05, 0) is 54.0 Å². The zero-order valence-corrected chi connectivity index (χ0v) is 24.7. The summed E-state index contributed by atoms with van der Waals surface area (Å²) in [5, 5.41) is 10.00. The molecule has 1 aliphatic heterocycles. The summed E-state index contributed by atoms with van der Waals surface area (Å²) in [4.78, 5) is 32.8. The van der Waals surface area contributed by atoms with Gasteiger partial charge in [-0.1, -0.05) is 66.5 Å². The van der Waals surface area contributed by atoms with Crippen LogP contribution in [0.1, 0.15) is 29.7 Å². The molecule has 2 heterocycles. The van der Waals surface area contributed by atoms with E-state index in [1.54, 1.807) is 49.4 Å². The van der Waals surface area contributed by atoms with E-state index >= 15 is 0 Å². The van der Waals surface area contributed by atoms with Crippen molar-refractivity contribution in [2.75, 3.05) is 20.8 Å². The second kappa shape index (κ2) is 12.8. The summed E-state index contributed by atoms with van der Waals surface area (Å²) >= 11 is 1.20. The van der Waals surface area contributed by atoms with E-state index in [9.17, 15) is 14.7 Å². The van der Waals surface area contributed by atoms with Gasteiger partial charge in [0, 0.05) is 0 Å². The molecule has 0 spiro atoms. The van der Waals surface area contributed by atoms with Gasteiger partial charge in [0.25, 0.3) is 5.56 Å². The number of methoxy groups -OCH3 is 2. The Morgan fingerprint density at radius 3 is 2.53 bits per heavy atom. The number of carbonyl (C=O) groups is 1. The molecule has 0 fully saturated rings. The number of phenolic OH excluding ortho intramolecular Hbond substituents is 1. The predicted molar refractivity (Wildman–Crippen MR) is 163 cm³/mol. The average molecular weight is 599 g/mol. The Labute approximate surface area is 251 Å². The van der Waals surface area contributed by atoms with Crippen molar-refractivity contribution >= 4 is 23.4 Å². The second-order valence-electron chi connectivity index (χ2n) is 9.58. The Bertz CT molecular complexity index is 1890. The Morgan fingerprint density at radius 2 is 1.81 bits per heavy atom. The summed E-state index contributed by atoms with van der Waals surface area (Å²) in [7, 11) is 2.98. The molecule has 4 aromatic rings. The molecule has 220 valence electrons. The van der Waals surface area contributed by atoms with Crippen LogP contribution in [0, 0.1) is 0 Å². The number of allylic oxidation sites excluding steroid dienone is 1. The van der Waals surface area contributed by atoms with Crippen molar-refractivity contribution in [3.8, 4) is 23.0 Å². The van der Waals surface area contributed by atoms with Crippen LogP contribution >= 0.6 is 11.3 Å².